The molecule has 2 aromatic rings. The molecule has 5 N–H and O–H groups in total. The second-order valence-electron chi connectivity index (χ2n) is 4.64. The van der Waals surface area contributed by atoms with Crippen molar-refractivity contribution in [2.24, 2.45) is 21.7 Å². The van der Waals surface area contributed by atoms with Gasteiger partial charge in [0.2, 0.25) is 5.96 Å². The quantitative estimate of drug-likeness (QED) is 0.385. The lowest BCUT2D eigenvalue weighted by Gasteiger charge is -2.21. The summed E-state index contributed by atoms with van der Waals surface area (Å²) in [7, 11) is 0. The van der Waals surface area contributed by atoms with Crippen LogP contribution in [0.5, 0.6) is 0 Å². The Morgan fingerprint density at radius 1 is 1.00 bits per heavy atom. The minimum Gasteiger partial charge on any atom is -0.369 e. The molecular formula is C15H15N5S. The summed E-state index contributed by atoms with van der Waals surface area (Å²) in [5.74, 6) is -0.0464. The molecule has 0 spiro atoms. The predicted molar refractivity (Wildman–Crippen MR) is 88.3 cm³/mol. The van der Waals surface area contributed by atoms with E-state index in [1.807, 2.05) is 25.1 Å². The molecule has 0 radical (unpaired) electrons. The van der Waals surface area contributed by atoms with E-state index in [0.717, 1.165) is 22.6 Å². The first-order chi connectivity index (χ1) is 10.1. The van der Waals surface area contributed by atoms with Crippen LogP contribution in [0.15, 0.2) is 62.5 Å². The van der Waals surface area contributed by atoms with Crippen LogP contribution in [0, 0.1) is 0 Å². The summed E-state index contributed by atoms with van der Waals surface area (Å²) in [6.07, 6.45) is 0. The summed E-state index contributed by atoms with van der Waals surface area (Å²) in [6.45, 7) is 1.87. The number of nitrogens with one attached hydrogen (secondary N) is 1. The van der Waals surface area contributed by atoms with Crippen molar-refractivity contribution in [2.75, 3.05) is 5.32 Å². The van der Waals surface area contributed by atoms with Gasteiger partial charge in [0.1, 0.15) is 0 Å². The van der Waals surface area contributed by atoms with Gasteiger partial charge in [-0.25, -0.2) is 0 Å². The minimum atomic E-state index is -0.0464. The predicted octanol–water partition coefficient (Wildman–Crippen LogP) is 2.89. The van der Waals surface area contributed by atoms with Crippen LogP contribution in [-0.4, -0.2) is 11.7 Å². The van der Waals surface area contributed by atoms with Crippen molar-refractivity contribution < 1.29 is 0 Å². The van der Waals surface area contributed by atoms with Crippen LogP contribution >= 0.6 is 11.8 Å². The molecular weight excluding hydrogens is 282 g/mol. The number of nitrogens with two attached hydrogens (primary N) is 2. The number of guanidine groups is 1. The average molecular weight is 297 g/mol. The Balaban J connectivity index is 1.94. The Labute approximate surface area is 127 Å². The summed E-state index contributed by atoms with van der Waals surface area (Å²) >= 11 is 1.75. The van der Waals surface area contributed by atoms with Gasteiger partial charge in [-0.2, -0.15) is 5.10 Å². The second kappa shape index (κ2) is 5.49. The lowest BCUT2D eigenvalue weighted by Crippen LogP contribution is -2.22. The Bertz CT molecular complexity index is 747. The summed E-state index contributed by atoms with van der Waals surface area (Å²) in [5, 5.41) is 11.1. The highest BCUT2D eigenvalue weighted by atomic mass is 32.2. The SMILES string of the molecule is C/C(=N/N=C(N)N)c1ccc2c(c1)Nc1ccccc1S2. The molecule has 0 aliphatic carbocycles. The number of fused-ring (bicyclic) bond motifs is 2. The van der Waals surface area contributed by atoms with Gasteiger partial charge < -0.3 is 16.8 Å². The topological polar surface area (TPSA) is 88.8 Å². The molecule has 0 unspecified atom stereocenters. The Kier molecular flexibility index (Phi) is 3.53. The van der Waals surface area contributed by atoms with Gasteiger partial charge in [-0.1, -0.05) is 30.0 Å². The van der Waals surface area contributed by atoms with Crippen molar-refractivity contribution in [1.82, 2.24) is 0 Å². The molecule has 6 heteroatoms. The van der Waals surface area contributed by atoms with Gasteiger partial charge in [0, 0.05) is 9.79 Å². The Hall–Kier alpha value is -2.47. The third-order valence-corrected chi connectivity index (χ3v) is 4.24. The van der Waals surface area contributed by atoms with E-state index in [1.54, 1.807) is 11.8 Å². The normalized spacial score (nSPS) is 12.9. The number of para-hydroxylation sites is 1. The number of nitrogens with zero attached hydrogens (tertiary/aromatic N) is 2. The molecule has 21 heavy (non-hydrogen) atoms. The molecule has 1 aliphatic heterocycles. The van der Waals surface area contributed by atoms with E-state index in [9.17, 15) is 0 Å². The number of hydrogen-bond acceptors (Lipinski definition) is 4. The monoisotopic (exact) mass is 297 g/mol. The van der Waals surface area contributed by atoms with Crippen LogP contribution in [0.4, 0.5) is 11.4 Å². The fourth-order valence-corrected chi connectivity index (χ4v) is 3.02. The summed E-state index contributed by atoms with van der Waals surface area (Å²) in [6, 6.07) is 14.4. The lowest BCUT2D eigenvalue weighted by molar-refractivity contribution is 1.19. The minimum absolute atomic E-state index is 0.0464. The fraction of sp³-hybridized carbons (Fsp3) is 0.0667. The molecule has 0 bridgehead atoms. The summed E-state index contributed by atoms with van der Waals surface area (Å²) in [5.41, 5.74) is 14.5. The molecule has 106 valence electrons. The van der Waals surface area contributed by atoms with Gasteiger partial charge in [-0.3, -0.25) is 0 Å². The molecule has 0 amide bonds. The van der Waals surface area contributed by atoms with E-state index < -0.39 is 0 Å². The first-order valence-electron chi connectivity index (χ1n) is 6.45. The highest BCUT2D eigenvalue weighted by Crippen LogP contribution is 2.44. The first-order valence-corrected chi connectivity index (χ1v) is 7.26. The van der Waals surface area contributed by atoms with Crippen LogP contribution in [0.2, 0.25) is 0 Å². The molecule has 0 aromatic heterocycles. The third-order valence-electron chi connectivity index (χ3n) is 3.09. The maximum atomic E-state index is 5.29. The van der Waals surface area contributed by atoms with E-state index in [-0.39, 0.29) is 5.96 Å². The lowest BCUT2D eigenvalue weighted by atomic mass is 10.1. The van der Waals surface area contributed by atoms with Gasteiger partial charge in [-0.15, -0.1) is 5.10 Å². The van der Waals surface area contributed by atoms with Crippen LogP contribution in [0.3, 0.4) is 0 Å². The average Bonchev–Trinajstić information content (AvgIpc) is 2.50. The van der Waals surface area contributed by atoms with E-state index >= 15 is 0 Å². The Morgan fingerprint density at radius 3 is 2.57 bits per heavy atom. The fourth-order valence-electron chi connectivity index (χ4n) is 2.05. The standard InChI is InChI=1S/C15H15N5S/c1-9(19-20-15(16)17)10-6-7-14-12(8-10)18-11-4-2-3-5-13(11)21-14/h2-8,18H,1H3,(H4,16,17,20)/b19-9-. The van der Waals surface area contributed by atoms with Crippen molar-refractivity contribution in [1.29, 1.82) is 0 Å². The Morgan fingerprint density at radius 2 is 1.76 bits per heavy atom. The number of benzene rings is 2. The van der Waals surface area contributed by atoms with Crippen molar-refractivity contribution in [3.05, 3.63) is 48.0 Å². The highest BCUT2D eigenvalue weighted by Gasteiger charge is 2.15. The zero-order valence-electron chi connectivity index (χ0n) is 11.5. The number of hydrogen-bond donors (Lipinski definition) is 3. The van der Waals surface area contributed by atoms with Crippen LogP contribution in [-0.2, 0) is 0 Å². The van der Waals surface area contributed by atoms with Crippen molar-refractivity contribution in [3.8, 4) is 0 Å². The molecule has 3 rings (SSSR count). The van der Waals surface area contributed by atoms with E-state index in [4.69, 9.17) is 11.5 Å². The van der Waals surface area contributed by atoms with Crippen molar-refractivity contribution >= 4 is 34.8 Å². The van der Waals surface area contributed by atoms with Gasteiger partial charge in [0.05, 0.1) is 17.1 Å². The summed E-state index contributed by atoms with van der Waals surface area (Å²) in [4.78, 5) is 2.41. The molecule has 1 aliphatic rings. The van der Waals surface area contributed by atoms with Crippen LogP contribution < -0.4 is 16.8 Å². The van der Waals surface area contributed by atoms with Gasteiger partial charge in [0.25, 0.3) is 0 Å². The maximum absolute atomic E-state index is 5.29. The smallest absolute Gasteiger partial charge is 0.211 e. The molecule has 2 aromatic carbocycles. The second-order valence-corrected chi connectivity index (χ2v) is 5.73. The van der Waals surface area contributed by atoms with Gasteiger partial charge >= 0.3 is 0 Å². The number of anilines is 2. The van der Waals surface area contributed by atoms with E-state index in [2.05, 4.69) is 39.8 Å². The van der Waals surface area contributed by atoms with Gasteiger partial charge in [-0.05, 0) is 36.8 Å². The summed E-state index contributed by atoms with van der Waals surface area (Å²) < 4.78 is 0. The van der Waals surface area contributed by atoms with E-state index in [1.165, 1.54) is 9.79 Å². The van der Waals surface area contributed by atoms with Crippen molar-refractivity contribution in [2.45, 2.75) is 16.7 Å². The molecule has 0 atom stereocenters. The molecule has 1 heterocycles. The molecule has 0 saturated carbocycles. The van der Waals surface area contributed by atoms with Crippen LogP contribution in [0.25, 0.3) is 0 Å². The molecule has 5 nitrogen and oxygen atoms in total. The maximum Gasteiger partial charge on any atom is 0.211 e. The zero-order chi connectivity index (χ0) is 14.8. The van der Waals surface area contributed by atoms with Gasteiger partial charge in [0.15, 0.2) is 0 Å². The molecule has 0 saturated heterocycles. The molecule has 0 fully saturated rings. The van der Waals surface area contributed by atoms with Crippen molar-refractivity contribution in [3.63, 3.8) is 0 Å². The largest absolute Gasteiger partial charge is 0.369 e. The van der Waals surface area contributed by atoms with Crippen LogP contribution in [0.1, 0.15) is 12.5 Å². The first kappa shape index (κ1) is 13.5. The zero-order valence-corrected chi connectivity index (χ0v) is 12.3. The van der Waals surface area contributed by atoms with E-state index in [0.29, 0.717) is 0 Å². The third kappa shape index (κ3) is 2.85. The highest BCUT2D eigenvalue weighted by molar-refractivity contribution is 7.99. The number of rotatable bonds is 2.